The highest BCUT2D eigenvalue weighted by Gasteiger charge is 2.27. The van der Waals surface area contributed by atoms with E-state index in [9.17, 15) is 13.2 Å². The van der Waals surface area contributed by atoms with Gasteiger partial charge in [-0.3, -0.25) is 4.79 Å². The summed E-state index contributed by atoms with van der Waals surface area (Å²) in [6, 6.07) is 12.4. The molecule has 3 aromatic rings. The maximum Gasteiger partial charge on any atom is 0.287 e. The lowest BCUT2D eigenvalue weighted by atomic mass is 10.2. The van der Waals surface area contributed by atoms with Gasteiger partial charge in [0.2, 0.25) is 0 Å². The van der Waals surface area contributed by atoms with E-state index in [0.29, 0.717) is 31.9 Å². The Bertz CT molecular complexity index is 1030. The average Bonchev–Trinajstić information content (AvgIpc) is 3.34. The first-order valence-corrected chi connectivity index (χ1v) is 10.7. The van der Waals surface area contributed by atoms with Gasteiger partial charge in [0.1, 0.15) is 9.79 Å². The van der Waals surface area contributed by atoms with Crippen molar-refractivity contribution in [1.82, 2.24) is 9.62 Å². The predicted octanol–water partition coefficient (Wildman–Crippen LogP) is 2.45. The van der Waals surface area contributed by atoms with Crippen LogP contribution in [0.5, 0.6) is 0 Å². The summed E-state index contributed by atoms with van der Waals surface area (Å²) < 4.78 is 37.7. The number of amides is 1. The molecule has 1 saturated heterocycles. The van der Waals surface area contributed by atoms with Gasteiger partial charge in [-0.25, -0.2) is 8.42 Å². The van der Waals surface area contributed by atoms with Crippen LogP contribution in [0.25, 0.3) is 11.0 Å². The lowest BCUT2D eigenvalue weighted by Crippen LogP contribution is -2.40. The number of carbonyl (C=O) groups excluding carboxylic acids is 1. The molecule has 142 valence electrons. The van der Waals surface area contributed by atoms with Gasteiger partial charge in [-0.05, 0) is 24.3 Å². The topological polar surface area (TPSA) is 88.9 Å². The third kappa shape index (κ3) is 3.77. The molecule has 1 aliphatic heterocycles. The Kier molecular flexibility index (Phi) is 5.00. The summed E-state index contributed by atoms with van der Waals surface area (Å²) in [6.45, 7) is 1.77. The molecule has 4 rings (SSSR count). The number of nitrogens with one attached hydrogen (secondary N) is 1. The molecule has 0 bridgehead atoms. The van der Waals surface area contributed by atoms with Gasteiger partial charge in [0.25, 0.3) is 15.9 Å². The highest BCUT2D eigenvalue weighted by molar-refractivity contribution is 7.91. The average molecular weight is 406 g/mol. The Morgan fingerprint density at radius 2 is 1.93 bits per heavy atom. The molecule has 0 atom stereocenters. The zero-order valence-corrected chi connectivity index (χ0v) is 16.0. The van der Waals surface area contributed by atoms with Crippen molar-refractivity contribution in [3.63, 3.8) is 0 Å². The fourth-order valence-electron chi connectivity index (χ4n) is 2.85. The van der Waals surface area contributed by atoms with Gasteiger partial charge in [0.15, 0.2) is 5.76 Å². The van der Waals surface area contributed by atoms with Crippen molar-refractivity contribution < 1.29 is 22.4 Å². The number of carbonyl (C=O) groups is 1. The van der Waals surface area contributed by atoms with Crippen LogP contribution in [0, 0.1) is 0 Å². The second kappa shape index (κ2) is 7.43. The van der Waals surface area contributed by atoms with Crippen molar-refractivity contribution >= 4 is 38.2 Å². The van der Waals surface area contributed by atoms with Crippen LogP contribution < -0.4 is 5.32 Å². The highest BCUT2D eigenvalue weighted by atomic mass is 32.2. The van der Waals surface area contributed by atoms with E-state index in [0.717, 1.165) is 21.6 Å². The second-order valence-corrected chi connectivity index (χ2v) is 9.40. The van der Waals surface area contributed by atoms with Gasteiger partial charge in [-0.15, -0.1) is 11.3 Å². The number of benzene rings is 1. The van der Waals surface area contributed by atoms with E-state index >= 15 is 0 Å². The Hall–Kier alpha value is -2.20. The van der Waals surface area contributed by atoms with Crippen molar-refractivity contribution in [3.05, 3.63) is 53.1 Å². The number of para-hydroxylation sites is 1. The van der Waals surface area contributed by atoms with Crippen LogP contribution in [0.1, 0.15) is 15.4 Å². The zero-order chi connectivity index (χ0) is 18.9. The normalized spacial score (nSPS) is 15.9. The summed E-state index contributed by atoms with van der Waals surface area (Å²) in [7, 11) is -3.51. The Labute approximate surface area is 160 Å². The maximum atomic E-state index is 12.6. The summed E-state index contributed by atoms with van der Waals surface area (Å²) in [6.07, 6.45) is 0. The van der Waals surface area contributed by atoms with Crippen LogP contribution in [0.15, 0.2) is 51.1 Å². The summed E-state index contributed by atoms with van der Waals surface area (Å²) in [5, 5.41) is 3.63. The molecule has 0 unspecified atom stereocenters. The smallest absolute Gasteiger partial charge is 0.287 e. The van der Waals surface area contributed by atoms with E-state index in [1.165, 1.54) is 4.31 Å². The quantitative estimate of drug-likeness (QED) is 0.703. The summed E-state index contributed by atoms with van der Waals surface area (Å²) >= 11 is 1.16. The number of nitrogens with zero attached hydrogens (tertiary/aromatic N) is 1. The van der Waals surface area contributed by atoms with E-state index in [1.54, 1.807) is 24.3 Å². The fourth-order valence-corrected chi connectivity index (χ4v) is 5.71. The van der Waals surface area contributed by atoms with E-state index in [-0.39, 0.29) is 22.4 Å². The van der Waals surface area contributed by atoms with Crippen molar-refractivity contribution in [2.45, 2.75) is 10.8 Å². The Morgan fingerprint density at radius 1 is 1.15 bits per heavy atom. The Balaban J connectivity index is 1.42. The second-order valence-electron chi connectivity index (χ2n) is 6.07. The molecular formula is C18H18N2O5S2. The van der Waals surface area contributed by atoms with Gasteiger partial charge < -0.3 is 14.5 Å². The summed E-state index contributed by atoms with van der Waals surface area (Å²) in [5.74, 6) is -0.105. The van der Waals surface area contributed by atoms with E-state index in [4.69, 9.17) is 9.15 Å². The number of hydrogen-bond acceptors (Lipinski definition) is 6. The molecule has 2 aromatic heterocycles. The van der Waals surface area contributed by atoms with Crippen molar-refractivity contribution in [1.29, 1.82) is 0 Å². The number of morpholine rings is 1. The fraction of sp³-hybridized carbons (Fsp3) is 0.278. The van der Waals surface area contributed by atoms with Crippen LogP contribution in [-0.4, -0.2) is 44.9 Å². The third-order valence-electron chi connectivity index (χ3n) is 4.27. The third-order valence-corrected chi connectivity index (χ3v) is 7.72. The van der Waals surface area contributed by atoms with Crippen LogP contribution in [-0.2, 0) is 21.3 Å². The molecule has 1 amide bonds. The minimum Gasteiger partial charge on any atom is -0.451 e. The Morgan fingerprint density at radius 3 is 2.70 bits per heavy atom. The molecule has 7 nitrogen and oxygen atoms in total. The van der Waals surface area contributed by atoms with E-state index in [2.05, 4.69) is 5.32 Å². The first-order chi connectivity index (χ1) is 13.0. The molecule has 0 aliphatic carbocycles. The van der Waals surface area contributed by atoms with E-state index < -0.39 is 10.0 Å². The van der Waals surface area contributed by atoms with Gasteiger partial charge >= 0.3 is 0 Å². The molecular weight excluding hydrogens is 388 g/mol. The monoisotopic (exact) mass is 406 g/mol. The number of fused-ring (bicyclic) bond motifs is 1. The maximum absolute atomic E-state index is 12.6. The van der Waals surface area contributed by atoms with Crippen LogP contribution >= 0.6 is 11.3 Å². The molecule has 1 aromatic carbocycles. The molecule has 0 radical (unpaired) electrons. The van der Waals surface area contributed by atoms with Crippen LogP contribution in [0.2, 0.25) is 0 Å². The predicted molar refractivity (Wildman–Crippen MR) is 101 cm³/mol. The number of ether oxygens (including phenoxy) is 1. The number of rotatable bonds is 5. The number of sulfonamides is 1. The molecule has 1 N–H and O–H groups in total. The van der Waals surface area contributed by atoms with Gasteiger partial charge in [-0.1, -0.05) is 18.2 Å². The van der Waals surface area contributed by atoms with Crippen LogP contribution in [0.3, 0.4) is 0 Å². The van der Waals surface area contributed by atoms with E-state index in [1.807, 2.05) is 18.2 Å². The molecule has 9 heteroatoms. The number of furan rings is 1. The van der Waals surface area contributed by atoms with Gasteiger partial charge in [0.05, 0.1) is 19.8 Å². The first-order valence-electron chi connectivity index (χ1n) is 8.47. The molecule has 0 spiro atoms. The zero-order valence-electron chi connectivity index (χ0n) is 14.4. The lowest BCUT2D eigenvalue weighted by molar-refractivity contribution is 0.0731. The molecule has 1 fully saturated rings. The largest absolute Gasteiger partial charge is 0.451 e. The SMILES string of the molecule is O=C(NCc1ccc(S(=O)(=O)N2CCOCC2)s1)c1cc2ccccc2o1. The minimum absolute atomic E-state index is 0.230. The van der Waals surface area contributed by atoms with Crippen LogP contribution in [0.4, 0.5) is 0 Å². The summed E-state index contributed by atoms with van der Waals surface area (Å²) in [5.41, 5.74) is 0.651. The lowest BCUT2D eigenvalue weighted by Gasteiger charge is -2.25. The molecule has 27 heavy (non-hydrogen) atoms. The number of hydrogen-bond donors (Lipinski definition) is 1. The first kappa shape index (κ1) is 18.2. The molecule has 1 aliphatic rings. The number of thiophene rings is 1. The highest BCUT2D eigenvalue weighted by Crippen LogP contribution is 2.26. The van der Waals surface area contributed by atoms with Gasteiger partial charge in [0, 0.05) is 23.4 Å². The van der Waals surface area contributed by atoms with Crippen molar-refractivity contribution in [2.75, 3.05) is 26.3 Å². The van der Waals surface area contributed by atoms with Gasteiger partial charge in [-0.2, -0.15) is 4.31 Å². The standard InChI is InChI=1S/C18H18N2O5S2/c21-18(16-11-13-3-1-2-4-15(13)25-16)19-12-14-5-6-17(26-14)27(22,23)20-7-9-24-10-8-20/h1-6,11H,7-10,12H2,(H,19,21). The summed E-state index contributed by atoms with van der Waals surface area (Å²) in [4.78, 5) is 13.1. The molecule has 3 heterocycles. The minimum atomic E-state index is -3.51. The van der Waals surface area contributed by atoms with Crippen molar-refractivity contribution in [3.8, 4) is 0 Å². The van der Waals surface area contributed by atoms with Crippen molar-refractivity contribution in [2.24, 2.45) is 0 Å². The molecule has 0 saturated carbocycles.